The van der Waals surface area contributed by atoms with Crippen molar-refractivity contribution >= 4 is 31.2 Å². The molecule has 0 rings (SSSR count). The summed E-state index contributed by atoms with van der Waals surface area (Å²) in [5.74, 6) is -65.1. The molecular formula is C16H6BF28LiO11. The summed E-state index contributed by atoms with van der Waals surface area (Å²) in [5, 5.41) is 52.4. The van der Waals surface area contributed by atoms with Crippen LogP contribution < -0.4 is 23.9 Å². The molecule has 0 fully saturated rings. The van der Waals surface area contributed by atoms with Gasteiger partial charge in [0.05, 0.1) is 0 Å². The van der Waals surface area contributed by atoms with Gasteiger partial charge in [-0.2, -0.15) is 123 Å². The molecule has 0 atom stereocenters. The summed E-state index contributed by atoms with van der Waals surface area (Å²) in [6.07, 6.45) is -26.4. The van der Waals surface area contributed by atoms with E-state index in [1.165, 1.54) is 0 Å². The maximum Gasteiger partial charge on any atom is 1.00 e. The Kier molecular flexibility index (Phi) is 22.9. The van der Waals surface area contributed by atoms with Gasteiger partial charge >= 0.3 is 122 Å². The SMILES string of the molecule is O=C(O)C(F)(F)C(F)(F)C(F)(F)F.O=C(O)C(F)(F)C(F)(F)C(F)(F)F.O=C(O)C(F)(F)C(F)(F)C(F)(F)F.O=C(O)C(F)(F)C(F)(F)C(F)(F)F.[Li+].[O-]B(O)O. The van der Waals surface area contributed by atoms with E-state index in [0.29, 0.717) is 0 Å². The van der Waals surface area contributed by atoms with Crippen LogP contribution in [0.15, 0.2) is 0 Å². The first-order chi connectivity index (χ1) is 23.5. The van der Waals surface area contributed by atoms with Crippen LogP contribution in [0.3, 0.4) is 0 Å². The van der Waals surface area contributed by atoms with Crippen LogP contribution in [0.4, 0.5) is 123 Å². The zero-order valence-corrected chi connectivity index (χ0v) is 24.9. The quantitative estimate of drug-likeness (QED) is 0.153. The topological polar surface area (TPSA) is 213 Å². The number of carbonyl (C=O) groups is 4. The molecule has 6 N–H and O–H groups in total. The fourth-order valence-electron chi connectivity index (χ4n) is 1.25. The van der Waals surface area contributed by atoms with Gasteiger partial charge in [-0.05, 0) is 0 Å². The second kappa shape index (κ2) is 19.9. The van der Waals surface area contributed by atoms with Crippen molar-refractivity contribution in [1.29, 1.82) is 0 Å². The number of hydrogen-bond acceptors (Lipinski definition) is 7. The normalized spacial score (nSPS) is 13.6. The summed E-state index contributed by atoms with van der Waals surface area (Å²) >= 11 is 0. The van der Waals surface area contributed by atoms with Gasteiger partial charge in [0.25, 0.3) is 0 Å². The van der Waals surface area contributed by atoms with E-state index in [9.17, 15) is 142 Å². The van der Waals surface area contributed by atoms with E-state index >= 15 is 0 Å². The van der Waals surface area contributed by atoms with Crippen molar-refractivity contribution in [2.45, 2.75) is 72.1 Å². The van der Waals surface area contributed by atoms with Gasteiger partial charge in [0.2, 0.25) is 0 Å². The third-order valence-corrected chi connectivity index (χ3v) is 4.08. The molecular weight excluding hydrogens is 918 g/mol. The largest absolute Gasteiger partial charge is 1.00 e. The molecule has 41 heteroatoms. The first kappa shape index (κ1) is 65.3. The predicted molar refractivity (Wildman–Crippen MR) is 105 cm³/mol. The van der Waals surface area contributed by atoms with E-state index in [2.05, 4.69) is 0 Å². The molecule has 0 aliphatic rings. The van der Waals surface area contributed by atoms with Crippen molar-refractivity contribution in [1.82, 2.24) is 0 Å². The minimum absolute atomic E-state index is 0. The molecule has 0 spiro atoms. The monoisotopic (exact) mass is 924 g/mol. The van der Waals surface area contributed by atoms with E-state index in [1.807, 2.05) is 0 Å². The number of carboxylic acids is 4. The van der Waals surface area contributed by atoms with Crippen LogP contribution in [0.2, 0.25) is 0 Å². The molecule has 57 heavy (non-hydrogen) atoms. The van der Waals surface area contributed by atoms with Crippen molar-refractivity contribution in [3.8, 4) is 0 Å². The molecule has 0 aliphatic carbocycles. The standard InChI is InChI=1S/4C4HF7O2.BH2O3.Li/c4*5-2(6,1(12)13)3(7,8)4(9,10)11;2-1(3)4;/h4*(H,12,13);2-3H;/q;;;;-1;+1. The molecule has 0 saturated heterocycles. The van der Waals surface area contributed by atoms with Gasteiger partial charge in [0.15, 0.2) is 0 Å². The maximum absolute atomic E-state index is 11.8. The van der Waals surface area contributed by atoms with E-state index in [1.54, 1.807) is 0 Å². The Bertz CT molecular complexity index is 1130. The second-order valence-electron chi connectivity index (χ2n) is 8.13. The Hall–Kier alpha value is -3.54. The molecule has 11 nitrogen and oxygen atoms in total. The Balaban J connectivity index is -0.000000146. The van der Waals surface area contributed by atoms with E-state index < -0.39 is 103 Å². The van der Waals surface area contributed by atoms with Gasteiger partial charge in [-0.3, -0.25) is 0 Å². The third kappa shape index (κ3) is 15.6. The molecule has 0 unspecified atom stereocenters. The average Bonchev–Trinajstić information content (AvgIpc) is 2.90. The van der Waals surface area contributed by atoms with Crippen LogP contribution in [0.25, 0.3) is 0 Å². The fraction of sp³-hybridized carbons (Fsp3) is 0.750. The van der Waals surface area contributed by atoms with Crippen LogP contribution in [0.1, 0.15) is 0 Å². The van der Waals surface area contributed by atoms with E-state index in [0.717, 1.165) is 0 Å². The van der Waals surface area contributed by atoms with Crippen molar-refractivity contribution in [2.24, 2.45) is 0 Å². The molecule has 0 saturated carbocycles. The smallest absolute Gasteiger partial charge is 0.832 e. The van der Waals surface area contributed by atoms with Crippen molar-refractivity contribution < 1.29 is 196 Å². The Morgan fingerprint density at radius 3 is 0.404 bits per heavy atom. The molecule has 0 aliphatic heterocycles. The molecule has 0 bridgehead atoms. The summed E-state index contributed by atoms with van der Waals surface area (Å²) < 4.78 is 322. The maximum atomic E-state index is 11.8. The van der Waals surface area contributed by atoms with Crippen LogP contribution in [-0.4, -0.2) is 134 Å². The predicted octanol–water partition coefficient (Wildman–Crippen LogP) is 1.94. The van der Waals surface area contributed by atoms with Crippen LogP contribution >= 0.6 is 0 Å². The van der Waals surface area contributed by atoms with Crippen LogP contribution in [0, 0.1) is 0 Å². The average molecular weight is 924 g/mol. The number of rotatable bonds is 8. The minimum atomic E-state index is -6.60. The first-order valence-corrected chi connectivity index (χ1v) is 10.8. The summed E-state index contributed by atoms with van der Waals surface area (Å²) in [6.45, 7) is 0. The zero-order valence-electron chi connectivity index (χ0n) is 24.9. The molecule has 0 aromatic heterocycles. The summed E-state index contributed by atoms with van der Waals surface area (Å²) in [5.41, 5.74) is 0. The number of carboxylic acid groups (broad SMARTS) is 4. The van der Waals surface area contributed by atoms with Crippen molar-refractivity contribution in [2.75, 3.05) is 0 Å². The van der Waals surface area contributed by atoms with Crippen LogP contribution in [-0.2, 0) is 19.2 Å². The van der Waals surface area contributed by atoms with Gasteiger partial charge < -0.3 is 35.5 Å². The Morgan fingerprint density at radius 1 is 0.316 bits per heavy atom. The second-order valence-corrected chi connectivity index (χ2v) is 8.13. The van der Waals surface area contributed by atoms with Gasteiger partial charge in [-0.1, -0.05) is 0 Å². The molecule has 0 radical (unpaired) electrons. The number of alkyl halides is 28. The van der Waals surface area contributed by atoms with E-state index in [4.69, 9.17) is 35.5 Å². The number of aliphatic carboxylic acids is 4. The first-order valence-electron chi connectivity index (χ1n) is 10.8. The minimum Gasteiger partial charge on any atom is -0.832 e. The zero-order chi connectivity index (χ0) is 47.9. The molecule has 0 amide bonds. The number of hydrogen-bond donors (Lipinski definition) is 6. The third-order valence-electron chi connectivity index (χ3n) is 4.08. The molecule has 0 aromatic carbocycles. The Labute approximate surface area is 300 Å². The van der Waals surface area contributed by atoms with Gasteiger partial charge in [0, 0.05) is 0 Å². The van der Waals surface area contributed by atoms with Crippen molar-refractivity contribution in [3.63, 3.8) is 0 Å². The van der Waals surface area contributed by atoms with Crippen molar-refractivity contribution in [3.05, 3.63) is 0 Å². The van der Waals surface area contributed by atoms with Gasteiger partial charge in [0.1, 0.15) is 0 Å². The van der Waals surface area contributed by atoms with Gasteiger partial charge in [-0.25, -0.2) is 19.2 Å². The molecule has 0 aromatic rings. The summed E-state index contributed by atoms with van der Waals surface area (Å²) in [4.78, 5) is 37.5. The summed E-state index contributed by atoms with van der Waals surface area (Å²) in [7, 11) is -2.42. The van der Waals surface area contributed by atoms with E-state index in [-0.39, 0.29) is 18.9 Å². The fourth-order valence-corrected chi connectivity index (χ4v) is 1.25. The Morgan fingerprint density at radius 2 is 0.386 bits per heavy atom. The van der Waals surface area contributed by atoms with Gasteiger partial charge in [-0.15, -0.1) is 0 Å². The molecule has 336 valence electrons. The summed E-state index contributed by atoms with van der Waals surface area (Å²) in [6, 6.07) is 0. The number of halogens is 28. The molecule has 0 heterocycles. The van der Waals surface area contributed by atoms with Crippen LogP contribution in [0.5, 0.6) is 0 Å².